The average Bonchev–Trinajstić information content (AvgIpc) is 2.96. The Morgan fingerprint density at radius 1 is 1.27 bits per heavy atom. The van der Waals surface area contributed by atoms with Crippen molar-refractivity contribution in [1.29, 1.82) is 0 Å². The lowest BCUT2D eigenvalue weighted by Crippen LogP contribution is -2.45. The third-order valence-corrected chi connectivity index (χ3v) is 7.07. The van der Waals surface area contributed by atoms with Crippen LogP contribution in [-0.2, 0) is 19.6 Å². The predicted molar refractivity (Wildman–Crippen MR) is 87.5 cm³/mol. The maximum Gasteiger partial charge on any atom is 0.310 e. The smallest absolute Gasteiger partial charge is 0.310 e. The van der Waals surface area contributed by atoms with Crippen LogP contribution < -0.4 is 5.32 Å². The molecule has 6 nitrogen and oxygen atoms in total. The molecule has 2 rings (SSSR count). The zero-order valence-corrected chi connectivity index (χ0v) is 14.9. The van der Waals surface area contributed by atoms with Crippen LogP contribution in [0.25, 0.3) is 0 Å². The van der Waals surface area contributed by atoms with Crippen LogP contribution in [0.2, 0.25) is 0 Å². The maximum absolute atomic E-state index is 12.9. The Bertz CT molecular complexity index is 471. The number of hydrogen-bond acceptors (Lipinski definition) is 5. The van der Waals surface area contributed by atoms with Gasteiger partial charge in [-0.05, 0) is 38.8 Å². The first-order chi connectivity index (χ1) is 10.0. The lowest BCUT2D eigenvalue weighted by molar-refractivity contribution is -0.146. The lowest BCUT2D eigenvalue weighted by Gasteiger charge is -2.32. The molecule has 2 aliphatic rings. The monoisotopic (exact) mass is 354 g/mol. The molecule has 1 aliphatic heterocycles. The molecule has 2 fully saturated rings. The van der Waals surface area contributed by atoms with Crippen molar-refractivity contribution < 1.29 is 17.9 Å². The second kappa shape index (κ2) is 8.47. The van der Waals surface area contributed by atoms with Crippen molar-refractivity contribution in [3.8, 4) is 0 Å². The number of nitrogens with zero attached hydrogens (tertiary/aromatic N) is 1. The van der Waals surface area contributed by atoms with E-state index in [1.807, 2.05) is 7.05 Å². The minimum absolute atomic E-state index is 0. The summed E-state index contributed by atoms with van der Waals surface area (Å²) in [5, 5.41) is 2.50. The van der Waals surface area contributed by atoms with Crippen molar-refractivity contribution in [1.82, 2.24) is 9.62 Å². The second-order valence-electron chi connectivity index (χ2n) is 6.07. The number of ether oxygens (including phenoxy) is 1. The molecular formula is C14H27ClN2O4S. The average molecular weight is 355 g/mol. The van der Waals surface area contributed by atoms with Crippen LogP contribution in [0.15, 0.2) is 0 Å². The van der Waals surface area contributed by atoms with Crippen molar-refractivity contribution in [2.75, 3.05) is 33.8 Å². The topological polar surface area (TPSA) is 75.7 Å². The molecule has 0 amide bonds. The van der Waals surface area contributed by atoms with E-state index in [1.165, 1.54) is 7.11 Å². The largest absolute Gasteiger partial charge is 0.469 e. The number of rotatable bonds is 5. The molecule has 130 valence electrons. The summed E-state index contributed by atoms with van der Waals surface area (Å²) in [4.78, 5) is 11.9. The molecule has 0 spiro atoms. The predicted octanol–water partition coefficient (Wildman–Crippen LogP) is 1.01. The SMILES string of the molecule is CNCC1CCN(S(=O)(=O)C2CCCCC2C(=O)OC)C1.Cl. The highest BCUT2D eigenvalue weighted by molar-refractivity contribution is 7.89. The van der Waals surface area contributed by atoms with Gasteiger partial charge < -0.3 is 10.1 Å². The number of nitrogens with one attached hydrogen (secondary N) is 1. The van der Waals surface area contributed by atoms with E-state index in [4.69, 9.17) is 4.74 Å². The summed E-state index contributed by atoms with van der Waals surface area (Å²) >= 11 is 0. The summed E-state index contributed by atoms with van der Waals surface area (Å²) in [6, 6.07) is 0. The molecular weight excluding hydrogens is 328 g/mol. The van der Waals surface area contributed by atoms with Crippen molar-refractivity contribution in [2.45, 2.75) is 37.4 Å². The number of carbonyl (C=O) groups excluding carboxylic acids is 1. The quantitative estimate of drug-likeness (QED) is 0.746. The molecule has 0 radical (unpaired) electrons. The van der Waals surface area contributed by atoms with E-state index >= 15 is 0 Å². The van der Waals surface area contributed by atoms with Crippen LogP contribution in [0.5, 0.6) is 0 Å². The van der Waals surface area contributed by atoms with E-state index in [0.717, 1.165) is 25.8 Å². The summed E-state index contributed by atoms with van der Waals surface area (Å²) in [5.41, 5.74) is 0. The minimum Gasteiger partial charge on any atom is -0.469 e. The number of methoxy groups -OCH3 is 1. The van der Waals surface area contributed by atoms with Gasteiger partial charge in [0.05, 0.1) is 18.3 Å². The van der Waals surface area contributed by atoms with Crippen LogP contribution in [0.3, 0.4) is 0 Å². The molecule has 0 aromatic rings. The molecule has 0 aromatic heterocycles. The fraction of sp³-hybridized carbons (Fsp3) is 0.929. The number of hydrogen-bond donors (Lipinski definition) is 1. The van der Waals surface area contributed by atoms with Crippen LogP contribution in [0.4, 0.5) is 0 Å². The van der Waals surface area contributed by atoms with Gasteiger partial charge in [0.25, 0.3) is 0 Å². The Hall–Kier alpha value is -0.370. The van der Waals surface area contributed by atoms with E-state index in [0.29, 0.717) is 31.8 Å². The van der Waals surface area contributed by atoms with Gasteiger partial charge in [-0.3, -0.25) is 4.79 Å². The van der Waals surface area contributed by atoms with Crippen molar-refractivity contribution in [3.63, 3.8) is 0 Å². The first kappa shape index (κ1) is 19.7. The normalized spacial score (nSPS) is 29.8. The van der Waals surface area contributed by atoms with Gasteiger partial charge in [0, 0.05) is 13.1 Å². The van der Waals surface area contributed by atoms with Crippen LogP contribution in [0.1, 0.15) is 32.1 Å². The fourth-order valence-corrected chi connectivity index (χ4v) is 5.84. The summed E-state index contributed by atoms with van der Waals surface area (Å²) in [7, 11) is -0.199. The Balaban J connectivity index is 0.00000242. The van der Waals surface area contributed by atoms with Gasteiger partial charge in [-0.2, -0.15) is 0 Å². The van der Waals surface area contributed by atoms with Gasteiger partial charge in [-0.1, -0.05) is 12.8 Å². The lowest BCUT2D eigenvalue weighted by atomic mass is 9.89. The Morgan fingerprint density at radius 2 is 1.95 bits per heavy atom. The first-order valence-electron chi connectivity index (χ1n) is 7.72. The summed E-state index contributed by atoms with van der Waals surface area (Å²) in [6.07, 6.45) is 3.83. The van der Waals surface area contributed by atoms with Gasteiger partial charge in [-0.25, -0.2) is 12.7 Å². The number of esters is 1. The van der Waals surface area contributed by atoms with Gasteiger partial charge in [0.2, 0.25) is 10.0 Å². The third kappa shape index (κ3) is 4.13. The molecule has 1 heterocycles. The highest BCUT2D eigenvalue weighted by Gasteiger charge is 2.44. The molecule has 3 atom stereocenters. The zero-order valence-electron chi connectivity index (χ0n) is 13.3. The van der Waals surface area contributed by atoms with E-state index in [9.17, 15) is 13.2 Å². The Kier molecular flexibility index (Phi) is 7.58. The molecule has 22 heavy (non-hydrogen) atoms. The molecule has 8 heteroatoms. The van der Waals surface area contributed by atoms with E-state index < -0.39 is 21.2 Å². The molecule has 3 unspecified atom stereocenters. The molecule has 1 aliphatic carbocycles. The van der Waals surface area contributed by atoms with Crippen molar-refractivity contribution in [2.24, 2.45) is 11.8 Å². The summed E-state index contributed by atoms with van der Waals surface area (Å²) < 4.78 is 32.1. The summed E-state index contributed by atoms with van der Waals surface area (Å²) in [6.45, 7) is 1.96. The molecule has 1 saturated heterocycles. The fourth-order valence-electron chi connectivity index (χ4n) is 3.55. The maximum atomic E-state index is 12.9. The van der Waals surface area contributed by atoms with E-state index in [2.05, 4.69) is 5.32 Å². The Morgan fingerprint density at radius 3 is 2.59 bits per heavy atom. The van der Waals surface area contributed by atoms with Crippen LogP contribution in [-0.4, -0.2) is 57.7 Å². The minimum atomic E-state index is -3.41. The molecule has 1 N–H and O–H groups in total. The van der Waals surface area contributed by atoms with Gasteiger partial charge in [0.15, 0.2) is 0 Å². The highest BCUT2D eigenvalue weighted by Crippen LogP contribution is 2.34. The Labute approximate surface area is 139 Å². The molecule has 0 aromatic carbocycles. The van der Waals surface area contributed by atoms with Gasteiger partial charge in [0.1, 0.15) is 0 Å². The van der Waals surface area contributed by atoms with Crippen LogP contribution in [0, 0.1) is 11.8 Å². The van der Waals surface area contributed by atoms with Gasteiger partial charge in [-0.15, -0.1) is 12.4 Å². The highest BCUT2D eigenvalue weighted by atomic mass is 35.5. The van der Waals surface area contributed by atoms with Crippen molar-refractivity contribution >= 4 is 28.4 Å². The molecule has 0 bridgehead atoms. The third-order valence-electron chi connectivity index (χ3n) is 4.69. The standard InChI is InChI=1S/C14H26N2O4S.ClH/c1-15-9-11-7-8-16(10-11)21(18,19)13-6-4-3-5-12(13)14(17)20-2;/h11-13,15H,3-10H2,1-2H3;1H. The van der Waals surface area contributed by atoms with E-state index in [1.54, 1.807) is 4.31 Å². The first-order valence-corrected chi connectivity index (χ1v) is 9.22. The van der Waals surface area contributed by atoms with E-state index in [-0.39, 0.29) is 18.4 Å². The van der Waals surface area contributed by atoms with Crippen molar-refractivity contribution in [3.05, 3.63) is 0 Å². The zero-order chi connectivity index (χ0) is 15.5. The van der Waals surface area contributed by atoms with Crippen LogP contribution >= 0.6 is 12.4 Å². The molecule has 1 saturated carbocycles. The number of halogens is 1. The summed E-state index contributed by atoms with van der Waals surface area (Å²) in [5.74, 6) is -0.517. The number of sulfonamides is 1. The van der Waals surface area contributed by atoms with Gasteiger partial charge >= 0.3 is 5.97 Å². The second-order valence-corrected chi connectivity index (χ2v) is 8.22. The number of carbonyl (C=O) groups is 1.